The number of rotatable bonds is 3. The van der Waals surface area contributed by atoms with Crippen LogP contribution in [0.3, 0.4) is 0 Å². The number of carbonyl (C=O) groups excluding carboxylic acids is 1. The first kappa shape index (κ1) is 16.7. The number of halogens is 3. The average Bonchev–Trinajstić information content (AvgIpc) is 2.58. The number of benzene rings is 2. The Balaban J connectivity index is 1.95. The SMILES string of the molecule is O=C([O-])c1cc(/C=C/c2ccc(C(F)(F)F)cc2)nc2ccccc12. The predicted molar refractivity (Wildman–Crippen MR) is 86.4 cm³/mol. The van der Waals surface area contributed by atoms with Crippen molar-refractivity contribution in [2.75, 3.05) is 0 Å². The fourth-order valence-electron chi connectivity index (χ4n) is 2.41. The number of fused-ring (bicyclic) bond motifs is 1. The number of nitrogens with zero attached hydrogens (tertiary/aromatic N) is 1. The van der Waals surface area contributed by atoms with Crippen molar-refractivity contribution in [2.24, 2.45) is 0 Å². The molecule has 126 valence electrons. The van der Waals surface area contributed by atoms with Gasteiger partial charge in [0.05, 0.1) is 22.7 Å². The largest absolute Gasteiger partial charge is 0.545 e. The molecule has 0 saturated heterocycles. The highest BCUT2D eigenvalue weighted by Crippen LogP contribution is 2.29. The highest BCUT2D eigenvalue weighted by Gasteiger charge is 2.29. The Kier molecular flexibility index (Phi) is 4.27. The van der Waals surface area contributed by atoms with Gasteiger partial charge in [-0.05, 0) is 35.9 Å². The van der Waals surface area contributed by atoms with Crippen molar-refractivity contribution < 1.29 is 23.1 Å². The summed E-state index contributed by atoms with van der Waals surface area (Å²) in [6, 6.07) is 12.8. The number of alkyl halides is 3. The number of aromatic nitrogens is 1. The summed E-state index contributed by atoms with van der Waals surface area (Å²) in [5, 5.41) is 11.8. The molecular weight excluding hydrogens is 331 g/mol. The van der Waals surface area contributed by atoms with Crippen LogP contribution in [0.25, 0.3) is 23.1 Å². The van der Waals surface area contributed by atoms with Gasteiger partial charge >= 0.3 is 6.18 Å². The molecule has 0 amide bonds. The Bertz CT molecular complexity index is 961. The zero-order valence-corrected chi connectivity index (χ0v) is 12.7. The molecule has 0 aliphatic rings. The maximum atomic E-state index is 12.5. The third-order valence-corrected chi connectivity index (χ3v) is 3.64. The van der Waals surface area contributed by atoms with Gasteiger partial charge in [-0.1, -0.05) is 36.4 Å². The Morgan fingerprint density at radius 2 is 1.68 bits per heavy atom. The Morgan fingerprint density at radius 3 is 2.32 bits per heavy atom. The molecule has 0 unspecified atom stereocenters. The lowest BCUT2D eigenvalue weighted by Gasteiger charge is -2.08. The minimum Gasteiger partial charge on any atom is -0.545 e. The van der Waals surface area contributed by atoms with E-state index >= 15 is 0 Å². The smallest absolute Gasteiger partial charge is 0.416 e. The fraction of sp³-hybridized carbons (Fsp3) is 0.0526. The average molecular weight is 342 g/mol. The molecule has 2 aromatic carbocycles. The fourth-order valence-corrected chi connectivity index (χ4v) is 2.41. The van der Waals surface area contributed by atoms with Crippen LogP contribution in [-0.4, -0.2) is 11.0 Å². The van der Waals surface area contributed by atoms with E-state index in [9.17, 15) is 23.1 Å². The molecule has 0 spiro atoms. The van der Waals surface area contributed by atoms with Gasteiger partial charge in [0.25, 0.3) is 0 Å². The topological polar surface area (TPSA) is 53.0 Å². The van der Waals surface area contributed by atoms with Crippen LogP contribution in [0.5, 0.6) is 0 Å². The number of para-hydroxylation sites is 1. The lowest BCUT2D eigenvalue weighted by molar-refractivity contribution is -0.254. The molecule has 6 heteroatoms. The van der Waals surface area contributed by atoms with Crippen molar-refractivity contribution in [3.63, 3.8) is 0 Å². The number of pyridine rings is 1. The third kappa shape index (κ3) is 3.68. The second kappa shape index (κ2) is 6.39. The summed E-state index contributed by atoms with van der Waals surface area (Å²) in [6.45, 7) is 0. The number of hydrogen-bond donors (Lipinski definition) is 0. The van der Waals surface area contributed by atoms with Crippen LogP contribution in [0, 0.1) is 0 Å². The molecule has 0 saturated carbocycles. The first-order chi connectivity index (χ1) is 11.8. The molecule has 0 aliphatic heterocycles. The summed E-state index contributed by atoms with van der Waals surface area (Å²) in [7, 11) is 0. The minimum absolute atomic E-state index is 0.0117. The van der Waals surface area contributed by atoms with Crippen LogP contribution in [0.1, 0.15) is 27.2 Å². The molecule has 0 bridgehead atoms. The van der Waals surface area contributed by atoms with Gasteiger partial charge in [-0.2, -0.15) is 13.2 Å². The van der Waals surface area contributed by atoms with Crippen molar-refractivity contribution in [2.45, 2.75) is 6.18 Å². The molecule has 0 fully saturated rings. The molecular formula is C19H11F3NO2-. The van der Waals surface area contributed by atoms with Crippen molar-refractivity contribution in [1.29, 1.82) is 0 Å². The summed E-state index contributed by atoms with van der Waals surface area (Å²) in [6.07, 6.45) is -1.27. The highest BCUT2D eigenvalue weighted by molar-refractivity contribution is 6.02. The first-order valence-corrected chi connectivity index (χ1v) is 7.31. The summed E-state index contributed by atoms with van der Waals surface area (Å²) < 4.78 is 37.6. The molecule has 0 atom stereocenters. The quantitative estimate of drug-likeness (QED) is 0.728. The van der Waals surface area contributed by atoms with Gasteiger partial charge in [0.15, 0.2) is 0 Å². The van der Waals surface area contributed by atoms with Gasteiger partial charge in [-0.15, -0.1) is 0 Å². The van der Waals surface area contributed by atoms with E-state index in [4.69, 9.17) is 0 Å². The number of carbonyl (C=O) groups is 1. The lowest BCUT2D eigenvalue weighted by atomic mass is 10.1. The first-order valence-electron chi connectivity index (χ1n) is 7.31. The maximum Gasteiger partial charge on any atom is 0.416 e. The van der Waals surface area contributed by atoms with Crippen molar-refractivity contribution >= 4 is 29.0 Å². The Morgan fingerprint density at radius 1 is 1.00 bits per heavy atom. The highest BCUT2D eigenvalue weighted by atomic mass is 19.4. The summed E-state index contributed by atoms with van der Waals surface area (Å²) in [4.78, 5) is 15.6. The second-order valence-electron chi connectivity index (χ2n) is 5.35. The summed E-state index contributed by atoms with van der Waals surface area (Å²) >= 11 is 0. The molecule has 1 aromatic heterocycles. The van der Waals surface area contributed by atoms with E-state index in [0.29, 0.717) is 22.2 Å². The van der Waals surface area contributed by atoms with Crippen LogP contribution in [-0.2, 0) is 6.18 Å². The van der Waals surface area contributed by atoms with Crippen LogP contribution >= 0.6 is 0 Å². The number of hydrogen-bond acceptors (Lipinski definition) is 3. The van der Waals surface area contributed by atoms with Crippen LogP contribution in [0.15, 0.2) is 54.6 Å². The zero-order chi connectivity index (χ0) is 18.0. The zero-order valence-electron chi connectivity index (χ0n) is 12.7. The van der Waals surface area contributed by atoms with Gasteiger partial charge in [0.2, 0.25) is 0 Å². The normalized spacial score (nSPS) is 12.0. The van der Waals surface area contributed by atoms with Gasteiger partial charge in [-0.25, -0.2) is 4.98 Å². The van der Waals surface area contributed by atoms with Crippen LogP contribution in [0.2, 0.25) is 0 Å². The number of carboxylic acid groups (broad SMARTS) is 1. The molecule has 1 heterocycles. The number of carboxylic acids is 1. The number of aromatic carboxylic acids is 1. The molecule has 3 aromatic rings. The van der Waals surface area contributed by atoms with Crippen LogP contribution < -0.4 is 5.11 Å². The van der Waals surface area contributed by atoms with E-state index in [0.717, 1.165) is 12.1 Å². The molecule has 0 N–H and O–H groups in total. The lowest BCUT2D eigenvalue weighted by Crippen LogP contribution is -2.22. The Hall–Kier alpha value is -3.15. The van der Waals surface area contributed by atoms with Gasteiger partial charge in [0.1, 0.15) is 0 Å². The van der Waals surface area contributed by atoms with E-state index in [1.807, 2.05) is 0 Å². The second-order valence-corrected chi connectivity index (χ2v) is 5.35. The van der Waals surface area contributed by atoms with Gasteiger partial charge in [-0.3, -0.25) is 0 Å². The van der Waals surface area contributed by atoms with E-state index in [-0.39, 0.29) is 5.56 Å². The monoisotopic (exact) mass is 342 g/mol. The van der Waals surface area contributed by atoms with Crippen molar-refractivity contribution in [3.8, 4) is 0 Å². The molecule has 3 rings (SSSR count). The predicted octanol–water partition coefficient (Wildman–Crippen LogP) is 3.79. The molecule has 3 nitrogen and oxygen atoms in total. The van der Waals surface area contributed by atoms with E-state index in [1.54, 1.807) is 36.4 Å². The summed E-state index contributed by atoms with van der Waals surface area (Å²) in [5.41, 5.74) is 0.692. The van der Waals surface area contributed by atoms with Crippen molar-refractivity contribution in [3.05, 3.63) is 77.0 Å². The van der Waals surface area contributed by atoms with Gasteiger partial charge < -0.3 is 9.90 Å². The Labute approximate surface area is 141 Å². The summed E-state index contributed by atoms with van der Waals surface area (Å²) in [5.74, 6) is -1.32. The maximum absolute atomic E-state index is 12.5. The molecule has 0 radical (unpaired) electrons. The van der Waals surface area contributed by atoms with E-state index in [2.05, 4.69) is 4.98 Å². The van der Waals surface area contributed by atoms with Crippen molar-refractivity contribution in [1.82, 2.24) is 4.98 Å². The minimum atomic E-state index is -4.38. The molecule has 0 aliphatic carbocycles. The standard InChI is InChI=1S/C19H12F3NO2/c20-19(21,22)13-8-5-12(6-9-13)7-10-14-11-16(18(24)25)15-3-1-2-4-17(15)23-14/h1-11H,(H,24,25)/p-1/b10-7+. The van der Waals surface area contributed by atoms with E-state index in [1.165, 1.54) is 18.2 Å². The molecule has 25 heavy (non-hydrogen) atoms. The van der Waals surface area contributed by atoms with E-state index < -0.39 is 17.7 Å². The van der Waals surface area contributed by atoms with Crippen LogP contribution in [0.4, 0.5) is 13.2 Å². The third-order valence-electron chi connectivity index (χ3n) is 3.64. The van der Waals surface area contributed by atoms with Gasteiger partial charge in [0, 0.05) is 10.9 Å².